The van der Waals surface area contributed by atoms with Crippen LogP contribution >= 0.6 is 0 Å². The van der Waals surface area contributed by atoms with Gasteiger partial charge in [-0.1, -0.05) is 12.1 Å². The quantitative estimate of drug-likeness (QED) is 0.679. The summed E-state index contributed by atoms with van der Waals surface area (Å²) in [5, 5.41) is 7.45. The van der Waals surface area contributed by atoms with Crippen molar-refractivity contribution in [2.45, 2.75) is 38.3 Å². The van der Waals surface area contributed by atoms with Crippen molar-refractivity contribution in [1.82, 2.24) is 24.6 Å². The molecular weight excluding hydrogens is 389 g/mol. The maximum Gasteiger partial charge on any atom is 0.346 e. The van der Waals surface area contributed by atoms with Crippen molar-refractivity contribution in [3.8, 4) is 0 Å². The molecule has 1 saturated heterocycles. The van der Waals surface area contributed by atoms with Crippen molar-refractivity contribution in [1.29, 1.82) is 0 Å². The van der Waals surface area contributed by atoms with Crippen LogP contribution in [0.25, 0.3) is 0 Å². The molecular formula is C21H28FN5O3. The zero-order valence-corrected chi connectivity index (χ0v) is 17.1. The van der Waals surface area contributed by atoms with Crippen LogP contribution in [0.1, 0.15) is 36.6 Å². The fourth-order valence-corrected chi connectivity index (χ4v) is 4.13. The van der Waals surface area contributed by atoms with Gasteiger partial charge in [-0.05, 0) is 43.5 Å². The topological polar surface area (TPSA) is 81.4 Å². The van der Waals surface area contributed by atoms with E-state index in [1.165, 1.54) is 16.8 Å². The largest absolute Gasteiger partial charge is 0.379 e. The summed E-state index contributed by atoms with van der Waals surface area (Å²) in [6.45, 7) is 5.68. The summed E-state index contributed by atoms with van der Waals surface area (Å²) in [6, 6.07) is 6.12. The lowest BCUT2D eigenvalue weighted by atomic mass is 9.98. The summed E-state index contributed by atoms with van der Waals surface area (Å²) in [4.78, 5) is 27.8. The lowest BCUT2D eigenvalue weighted by Crippen LogP contribution is -2.39. The molecule has 1 atom stereocenters. The van der Waals surface area contributed by atoms with Gasteiger partial charge in [0.2, 0.25) is 5.91 Å². The van der Waals surface area contributed by atoms with Gasteiger partial charge in [-0.15, -0.1) is 0 Å². The third kappa shape index (κ3) is 4.79. The molecule has 2 aliphatic heterocycles. The Kier molecular flexibility index (Phi) is 6.59. The van der Waals surface area contributed by atoms with Crippen molar-refractivity contribution in [2.24, 2.45) is 0 Å². The molecule has 9 heteroatoms. The van der Waals surface area contributed by atoms with Crippen LogP contribution in [0.5, 0.6) is 0 Å². The Morgan fingerprint density at radius 1 is 1.27 bits per heavy atom. The number of aromatic nitrogens is 3. The van der Waals surface area contributed by atoms with Gasteiger partial charge in [-0.3, -0.25) is 14.3 Å². The molecule has 1 aromatic heterocycles. The lowest BCUT2D eigenvalue weighted by Gasteiger charge is -2.26. The second kappa shape index (κ2) is 9.53. The van der Waals surface area contributed by atoms with Crippen LogP contribution in [-0.4, -0.2) is 64.5 Å². The van der Waals surface area contributed by atoms with Gasteiger partial charge in [0.05, 0.1) is 25.7 Å². The standard InChI is InChI=1S/C21H28FN5O3/c22-17-5-1-4-16(14-17)15-27-21(29)26-9-2-6-18(19(26)24-27)20(28)23-7-3-8-25-10-12-30-13-11-25/h1,4-5,14,18H,2-3,6-13,15H2,(H,23,28). The Morgan fingerprint density at radius 2 is 2.10 bits per heavy atom. The lowest BCUT2D eigenvalue weighted by molar-refractivity contribution is -0.123. The molecule has 0 bridgehead atoms. The number of amides is 1. The second-order valence-corrected chi connectivity index (χ2v) is 7.87. The van der Waals surface area contributed by atoms with Crippen LogP contribution in [0.3, 0.4) is 0 Å². The van der Waals surface area contributed by atoms with Gasteiger partial charge in [0.1, 0.15) is 11.6 Å². The summed E-state index contributed by atoms with van der Waals surface area (Å²) in [5.74, 6) is -0.350. The van der Waals surface area contributed by atoms with E-state index < -0.39 is 5.92 Å². The molecule has 1 fully saturated rings. The first-order valence-electron chi connectivity index (χ1n) is 10.6. The van der Waals surface area contributed by atoms with E-state index in [4.69, 9.17) is 4.74 Å². The number of fused-ring (bicyclic) bond motifs is 1. The molecule has 0 aliphatic carbocycles. The zero-order valence-electron chi connectivity index (χ0n) is 17.1. The maximum atomic E-state index is 13.5. The maximum absolute atomic E-state index is 13.5. The molecule has 4 rings (SSSR count). The van der Waals surface area contributed by atoms with Gasteiger partial charge < -0.3 is 10.1 Å². The average Bonchev–Trinajstić information content (AvgIpc) is 3.07. The highest BCUT2D eigenvalue weighted by atomic mass is 19.1. The first-order valence-corrected chi connectivity index (χ1v) is 10.6. The van der Waals surface area contributed by atoms with Crippen molar-refractivity contribution in [3.63, 3.8) is 0 Å². The van der Waals surface area contributed by atoms with Gasteiger partial charge in [0.25, 0.3) is 0 Å². The van der Waals surface area contributed by atoms with Crippen molar-refractivity contribution in [3.05, 3.63) is 52.0 Å². The van der Waals surface area contributed by atoms with E-state index in [9.17, 15) is 14.0 Å². The number of nitrogens with one attached hydrogen (secondary N) is 1. The average molecular weight is 417 g/mol. The molecule has 1 aromatic carbocycles. The fourth-order valence-electron chi connectivity index (χ4n) is 4.13. The van der Waals surface area contributed by atoms with E-state index in [0.717, 1.165) is 45.7 Å². The number of morpholine rings is 1. The van der Waals surface area contributed by atoms with E-state index in [2.05, 4.69) is 15.3 Å². The highest BCUT2D eigenvalue weighted by Crippen LogP contribution is 2.24. The number of benzene rings is 1. The third-order valence-electron chi connectivity index (χ3n) is 5.73. The van der Waals surface area contributed by atoms with Crippen LogP contribution in [0, 0.1) is 5.82 Å². The number of halogens is 1. The Hall–Kier alpha value is -2.52. The minimum absolute atomic E-state index is 0.0826. The SMILES string of the molecule is O=C(NCCCN1CCOCC1)C1CCCn2c1nn(Cc1cccc(F)c1)c2=O. The van der Waals surface area contributed by atoms with Gasteiger partial charge in [-0.2, -0.15) is 5.10 Å². The Bertz CT molecular complexity index is 935. The molecule has 2 aromatic rings. The van der Waals surface area contributed by atoms with E-state index in [1.807, 2.05) is 0 Å². The Balaban J connectivity index is 1.37. The van der Waals surface area contributed by atoms with E-state index >= 15 is 0 Å². The summed E-state index contributed by atoms with van der Waals surface area (Å²) in [7, 11) is 0. The van der Waals surface area contributed by atoms with Crippen LogP contribution in [0.2, 0.25) is 0 Å². The van der Waals surface area contributed by atoms with E-state index in [-0.39, 0.29) is 24.0 Å². The number of carbonyl (C=O) groups is 1. The number of rotatable bonds is 7. The Labute approximate surface area is 174 Å². The van der Waals surface area contributed by atoms with Gasteiger partial charge in [-0.25, -0.2) is 13.9 Å². The summed E-state index contributed by atoms with van der Waals surface area (Å²) < 4.78 is 21.7. The predicted octanol–water partition coefficient (Wildman–Crippen LogP) is 0.948. The summed E-state index contributed by atoms with van der Waals surface area (Å²) >= 11 is 0. The third-order valence-corrected chi connectivity index (χ3v) is 5.73. The van der Waals surface area contributed by atoms with Crippen LogP contribution in [0.15, 0.2) is 29.1 Å². The van der Waals surface area contributed by atoms with Crippen molar-refractivity contribution in [2.75, 3.05) is 39.4 Å². The van der Waals surface area contributed by atoms with Crippen molar-refractivity contribution < 1.29 is 13.9 Å². The van der Waals surface area contributed by atoms with Crippen LogP contribution in [-0.2, 0) is 22.6 Å². The summed E-state index contributed by atoms with van der Waals surface area (Å²) in [5.41, 5.74) is 0.413. The normalized spacial score (nSPS) is 19.4. The van der Waals surface area contributed by atoms with Gasteiger partial charge >= 0.3 is 5.69 Å². The molecule has 3 heterocycles. The molecule has 2 aliphatic rings. The monoisotopic (exact) mass is 417 g/mol. The molecule has 30 heavy (non-hydrogen) atoms. The van der Waals surface area contributed by atoms with E-state index in [0.29, 0.717) is 30.9 Å². The molecule has 0 radical (unpaired) electrons. The van der Waals surface area contributed by atoms with Crippen molar-refractivity contribution >= 4 is 5.91 Å². The number of ether oxygens (including phenoxy) is 1. The molecule has 1 N–H and O–H groups in total. The first kappa shape index (κ1) is 20.7. The number of hydrogen-bond acceptors (Lipinski definition) is 5. The number of carbonyl (C=O) groups excluding carboxylic acids is 1. The fraction of sp³-hybridized carbons (Fsp3) is 0.571. The summed E-state index contributed by atoms with van der Waals surface area (Å²) in [6.07, 6.45) is 2.30. The molecule has 8 nitrogen and oxygen atoms in total. The highest BCUT2D eigenvalue weighted by Gasteiger charge is 2.31. The highest BCUT2D eigenvalue weighted by molar-refractivity contribution is 5.82. The second-order valence-electron chi connectivity index (χ2n) is 7.87. The predicted molar refractivity (Wildman–Crippen MR) is 109 cm³/mol. The molecule has 0 spiro atoms. The number of hydrogen-bond donors (Lipinski definition) is 1. The van der Waals surface area contributed by atoms with Crippen LogP contribution in [0.4, 0.5) is 4.39 Å². The Morgan fingerprint density at radius 3 is 2.90 bits per heavy atom. The van der Waals surface area contributed by atoms with Crippen LogP contribution < -0.4 is 11.0 Å². The minimum Gasteiger partial charge on any atom is -0.379 e. The minimum atomic E-state index is -0.427. The molecule has 1 unspecified atom stereocenters. The molecule has 162 valence electrons. The van der Waals surface area contributed by atoms with Gasteiger partial charge in [0.15, 0.2) is 0 Å². The van der Waals surface area contributed by atoms with Gasteiger partial charge in [0, 0.05) is 26.2 Å². The smallest absolute Gasteiger partial charge is 0.346 e. The molecule has 0 saturated carbocycles. The first-order chi connectivity index (χ1) is 14.6. The number of nitrogens with zero attached hydrogens (tertiary/aromatic N) is 4. The molecule has 1 amide bonds. The van der Waals surface area contributed by atoms with E-state index in [1.54, 1.807) is 16.7 Å². The zero-order chi connectivity index (χ0) is 20.9.